The van der Waals surface area contributed by atoms with E-state index in [0.29, 0.717) is 6.61 Å². The molecule has 0 spiro atoms. The molecule has 0 bridgehead atoms. The molecule has 2 aromatic carbocycles. The second kappa shape index (κ2) is 5.52. The van der Waals surface area contributed by atoms with Gasteiger partial charge in [-0.1, -0.05) is 12.1 Å². The monoisotopic (exact) mass is 331 g/mol. The summed E-state index contributed by atoms with van der Waals surface area (Å²) in [5, 5.41) is 1.80. The van der Waals surface area contributed by atoms with Crippen LogP contribution in [0.2, 0.25) is 0 Å². The van der Waals surface area contributed by atoms with Crippen LogP contribution in [-0.2, 0) is 0 Å². The van der Waals surface area contributed by atoms with Gasteiger partial charge in [-0.25, -0.2) is 4.67 Å². The van der Waals surface area contributed by atoms with Gasteiger partial charge in [-0.2, -0.15) is 0 Å². The molecule has 0 amide bonds. The highest BCUT2D eigenvalue weighted by Gasteiger charge is 2.20. The number of hydrogen-bond donors (Lipinski definition) is 0. The maximum atomic E-state index is 6.14. The fourth-order valence-corrected chi connectivity index (χ4v) is 3.70. The van der Waals surface area contributed by atoms with E-state index < -0.39 is 8.16 Å². The van der Waals surface area contributed by atoms with Gasteiger partial charge in [-0.15, -0.1) is 0 Å². The van der Waals surface area contributed by atoms with E-state index in [1.54, 1.807) is 0 Å². The third-order valence-electron chi connectivity index (χ3n) is 3.71. The zero-order valence-electron chi connectivity index (χ0n) is 13.3. The summed E-state index contributed by atoms with van der Waals surface area (Å²) >= 11 is 0. The largest absolute Gasteiger partial charge is 0.489 e. The van der Waals surface area contributed by atoms with Gasteiger partial charge in [0.1, 0.15) is 35.4 Å². The second-order valence-electron chi connectivity index (χ2n) is 5.77. The van der Waals surface area contributed by atoms with Crippen molar-refractivity contribution in [2.45, 2.75) is 13.0 Å². The summed E-state index contributed by atoms with van der Waals surface area (Å²) in [6.07, 6.45) is -0.0437. The van der Waals surface area contributed by atoms with E-state index >= 15 is 0 Å². The Morgan fingerprint density at radius 1 is 0.957 bits per heavy atom. The average molecular weight is 331 g/mol. The summed E-state index contributed by atoms with van der Waals surface area (Å²) in [5.74, 6) is 1.59. The molecule has 0 radical (unpaired) electrons. The zero-order valence-corrected chi connectivity index (χ0v) is 14.2. The molecule has 1 aromatic heterocycles. The van der Waals surface area contributed by atoms with E-state index in [4.69, 9.17) is 17.9 Å². The van der Waals surface area contributed by atoms with Crippen molar-refractivity contribution < 1.29 is 17.9 Å². The lowest BCUT2D eigenvalue weighted by molar-refractivity contribution is 0.144. The number of benzene rings is 2. The van der Waals surface area contributed by atoms with Crippen molar-refractivity contribution >= 4 is 30.1 Å². The molecular formula is C17H18NO4P. The Morgan fingerprint density at radius 2 is 1.57 bits per heavy atom. The molecule has 0 fully saturated rings. The highest BCUT2D eigenvalue weighted by atomic mass is 31.1. The highest BCUT2D eigenvalue weighted by molar-refractivity contribution is 7.38. The molecule has 23 heavy (non-hydrogen) atoms. The normalized spacial score (nSPS) is 17.7. The Balaban J connectivity index is 2.25. The number of rotatable bonds is 1. The van der Waals surface area contributed by atoms with Gasteiger partial charge in [-0.3, -0.25) is 0 Å². The van der Waals surface area contributed by atoms with Crippen LogP contribution in [0.25, 0.3) is 21.9 Å². The molecule has 1 aliphatic heterocycles. The molecule has 120 valence electrons. The predicted molar refractivity (Wildman–Crippen MR) is 92.0 cm³/mol. The van der Waals surface area contributed by atoms with Gasteiger partial charge in [0.25, 0.3) is 0 Å². The van der Waals surface area contributed by atoms with Crippen molar-refractivity contribution in [3.05, 3.63) is 36.4 Å². The van der Waals surface area contributed by atoms with Gasteiger partial charge in [0.05, 0.1) is 10.8 Å². The highest BCUT2D eigenvalue weighted by Crippen LogP contribution is 2.43. The van der Waals surface area contributed by atoms with Crippen LogP contribution in [0.5, 0.6) is 11.5 Å². The molecule has 1 unspecified atom stereocenters. The summed E-state index contributed by atoms with van der Waals surface area (Å²) < 4.78 is 26.2. The molecule has 2 atom stereocenters. The van der Waals surface area contributed by atoms with Crippen molar-refractivity contribution in [1.29, 1.82) is 0 Å². The zero-order chi connectivity index (χ0) is 16.0. The van der Waals surface area contributed by atoms with Crippen LogP contribution in [0.4, 0.5) is 0 Å². The third-order valence-corrected chi connectivity index (χ3v) is 5.07. The van der Waals surface area contributed by atoms with Crippen LogP contribution in [0, 0.1) is 0 Å². The molecule has 0 saturated heterocycles. The summed E-state index contributed by atoms with van der Waals surface area (Å²) in [7, 11) is 2.65. The Hall–Kier alpha value is -2.10. The van der Waals surface area contributed by atoms with Crippen molar-refractivity contribution in [2.24, 2.45) is 0 Å². The molecule has 4 rings (SSSR count). The fraction of sp³-hybridized carbons (Fsp3) is 0.294. The first-order valence-corrected chi connectivity index (χ1v) is 8.65. The van der Waals surface area contributed by atoms with E-state index in [1.165, 1.54) is 0 Å². The van der Waals surface area contributed by atoms with Gasteiger partial charge in [0.15, 0.2) is 0 Å². The fourth-order valence-electron chi connectivity index (χ4n) is 2.69. The predicted octanol–water partition coefficient (Wildman–Crippen LogP) is 4.65. The SMILES string of the molecule is C[C@@H]1COc2cccc3op(N(C)C)oc4cccc(c4c23)O1. The van der Waals surface area contributed by atoms with Crippen molar-refractivity contribution in [3.63, 3.8) is 0 Å². The number of ether oxygens (including phenoxy) is 2. The number of nitrogens with zero attached hydrogens (tertiary/aromatic N) is 1. The maximum Gasteiger partial charge on any atom is 0.309 e. The first kappa shape index (κ1) is 14.5. The Kier molecular flexibility index (Phi) is 3.47. The lowest BCUT2D eigenvalue weighted by Crippen LogP contribution is -2.22. The maximum absolute atomic E-state index is 6.14. The van der Waals surface area contributed by atoms with Crippen molar-refractivity contribution in [3.8, 4) is 11.5 Å². The van der Waals surface area contributed by atoms with Gasteiger partial charge >= 0.3 is 8.16 Å². The summed E-state index contributed by atoms with van der Waals surface area (Å²) in [4.78, 5) is 0. The van der Waals surface area contributed by atoms with Gasteiger partial charge in [-0.05, 0) is 31.2 Å². The third kappa shape index (κ3) is 2.46. The van der Waals surface area contributed by atoms with Gasteiger partial charge in [0.2, 0.25) is 0 Å². The Morgan fingerprint density at radius 3 is 2.22 bits per heavy atom. The van der Waals surface area contributed by atoms with E-state index in [9.17, 15) is 0 Å². The lowest BCUT2D eigenvalue weighted by atomic mass is 10.1. The Labute approximate surface area is 135 Å². The summed E-state index contributed by atoms with van der Waals surface area (Å²) in [6, 6.07) is 11.7. The Bertz CT molecular complexity index is 919. The molecule has 3 aromatic rings. The summed E-state index contributed by atoms with van der Waals surface area (Å²) in [6.45, 7) is 2.48. The van der Waals surface area contributed by atoms with E-state index in [1.807, 2.05) is 62.1 Å². The standard InChI is InChI=1S/C17H18NO4P/c1-11-10-19-12-6-4-8-14-16(12)17-13(20-11)7-5-9-15(17)22-23(21-14)18(2)3/h4-9,11H,10H2,1-3H3/t11-,23?/m1/s1. The molecule has 0 saturated carbocycles. The van der Waals surface area contributed by atoms with Crippen molar-refractivity contribution in [1.82, 2.24) is 0 Å². The van der Waals surface area contributed by atoms with E-state index in [-0.39, 0.29) is 6.10 Å². The minimum Gasteiger partial charge on any atom is -0.489 e. The topological polar surface area (TPSA) is 48.0 Å². The van der Waals surface area contributed by atoms with Crippen LogP contribution in [0.3, 0.4) is 0 Å². The van der Waals surface area contributed by atoms with Crippen LogP contribution in [-0.4, -0.2) is 26.8 Å². The molecule has 5 nitrogen and oxygen atoms in total. The number of hydrogen-bond acceptors (Lipinski definition) is 5. The minimum absolute atomic E-state index is 0.0437. The van der Waals surface area contributed by atoms with Crippen LogP contribution in [0.15, 0.2) is 44.8 Å². The van der Waals surface area contributed by atoms with Gasteiger partial charge < -0.3 is 17.9 Å². The first-order chi connectivity index (χ1) is 11.1. The minimum atomic E-state index is -1.23. The molecule has 6 heteroatoms. The lowest BCUT2D eigenvalue weighted by Gasteiger charge is -2.20. The molecule has 0 N–H and O–H groups in total. The second-order valence-corrected chi connectivity index (χ2v) is 7.41. The van der Waals surface area contributed by atoms with Crippen molar-refractivity contribution in [2.75, 3.05) is 25.4 Å². The molecule has 2 heterocycles. The van der Waals surface area contributed by atoms with E-state index in [0.717, 1.165) is 33.4 Å². The smallest absolute Gasteiger partial charge is 0.309 e. The van der Waals surface area contributed by atoms with Gasteiger partial charge in [0, 0.05) is 14.1 Å². The molecular weight excluding hydrogens is 313 g/mol. The summed E-state index contributed by atoms with van der Waals surface area (Å²) in [5.41, 5.74) is 1.51. The van der Waals surface area contributed by atoms with Crippen LogP contribution >= 0.6 is 8.16 Å². The quantitative estimate of drug-likeness (QED) is 0.650. The molecule has 0 aliphatic carbocycles. The van der Waals surface area contributed by atoms with E-state index in [2.05, 4.69) is 0 Å². The first-order valence-electron chi connectivity index (χ1n) is 7.52. The van der Waals surface area contributed by atoms with Crippen LogP contribution < -0.4 is 14.1 Å². The molecule has 1 aliphatic rings. The average Bonchev–Trinajstić information content (AvgIpc) is 2.69. The van der Waals surface area contributed by atoms with Crippen LogP contribution in [0.1, 0.15) is 6.92 Å².